The third kappa shape index (κ3) is 4.41. The van der Waals surface area contributed by atoms with Crippen LogP contribution in [0.2, 0.25) is 0 Å². The molecule has 1 fully saturated rings. The molecular formula is C23H26N4O2S. The average Bonchev–Trinajstić information content (AvgIpc) is 3.22. The van der Waals surface area contributed by atoms with Gasteiger partial charge in [-0.05, 0) is 48.6 Å². The lowest BCUT2D eigenvalue weighted by molar-refractivity contribution is 0.0600. The zero-order valence-electron chi connectivity index (χ0n) is 17.3. The fourth-order valence-corrected chi connectivity index (χ4v) is 5.00. The van der Waals surface area contributed by atoms with E-state index in [1.54, 1.807) is 30.1 Å². The van der Waals surface area contributed by atoms with E-state index in [4.69, 9.17) is 4.74 Å². The monoisotopic (exact) mass is 422 g/mol. The Kier molecular flexibility index (Phi) is 6.47. The number of nitrogens with zero attached hydrogens (tertiary/aromatic N) is 4. The third-order valence-corrected chi connectivity index (χ3v) is 6.74. The second kappa shape index (κ2) is 9.43. The number of ether oxygens (including phenoxy) is 1. The second-order valence-electron chi connectivity index (χ2n) is 7.72. The van der Waals surface area contributed by atoms with Crippen LogP contribution in [0.25, 0.3) is 11.4 Å². The Bertz CT molecular complexity index is 988. The van der Waals surface area contributed by atoms with E-state index < -0.39 is 0 Å². The molecule has 1 aliphatic rings. The zero-order valence-corrected chi connectivity index (χ0v) is 18.1. The summed E-state index contributed by atoms with van der Waals surface area (Å²) in [5, 5.41) is 10.0. The predicted octanol–water partition coefficient (Wildman–Crippen LogP) is 5.17. The van der Waals surface area contributed by atoms with Crippen LogP contribution >= 0.6 is 11.8 Å². The van der Waals surface area contributed by atoms with Crippen LogP contribution in [0.1, 0.15) is 54.6 Å². The summed E-state index contributed by atoms with van der Waals surface area (Å²) in [6, 6.07) is 11.9. The van der Waals surface area contributed by atoms with Crippen molar-refractivity contribution in [1.82, 2.24) is 19.7 Å². The first-order chi connectivity index (χ1) is 14.7. The Morgan fingerprint density at radius 2 is 1.97 bits per heavy atom. The van der Waals surface area contributed by atoms with Crippen molar-refractivity contribution in [3.63, 3.8) is 0 Å². The van der Waals surface area contributed by atoms with Crippen LogP contribution in [-0.4, -0.2) is 32.8 Å². The Balaban J connectivity index is 1.60. The van der Waals surface area contributed by atoms with E-state index in [-0.39, 0.29) is 5.97 Å². The number of esters is 1. The Morgan fingerprint density at radius 1 is 1.17 bits per heavy atom. The highest BCUT2D eigenvalue weighted by molar-refractivity contribution is 7.98. The van der Waals surface area contributed by atoms with E-state index >= 15 is 0 Å². The number of thioether (sulfide) groups is 1. The van der Waals surface area contributed by atoms with E-state index in [9.17, 15) is 4.79 Å². The van der Waals surface area contributed by atoms with Gasteiger partial charge >= 0.3 is 5.97 Å². The molecule has 0 aliphatic heterocycles. The molecule has 4 rings (SSSR count). The minimum Gasteiger partial charge on any atom is -0.465 e. The topological polar surface area (TPSA) is 69.9 Å². The number of rotatable bonds is 6. The van der Waals surface area contributed by atoms with Crippen molar-refractivity contribution >= 4 is 17.7 Å². The number of benzene rings is 1. The molecule has 2 heterocycles. The van der Waals surface area contributed by atoms with Crippen molar-refractivity contribution in [2.75, 3.05) is 7.11 Å². The quantitative estimate of drug-likeness (QED) is 0.403. The Hall–Kier alpha value is -2.67. The summed E-state index contributed by atoms with van der Waals surface area (Å²) in [5.41, 5.74) is 2.68. The molecule has 0 spiro atoms. The molecule has 0 unspecified atom stereocenters. The van der Waals surface area contributed by atoms with Crippen LogP contribution in [-0.2, 0) is 10.5 Å². The lowest BCUT2D eigenvalue weighted by atomic mass is 9.85. The van der Waals surface area contributed by atoms with Gasteiger partial charge in [-0.3, -0.25) is 9.55 Å². The zero-order chi connectivity index (χ0) is 20.9. The lowest BCUT2D eigenvalue weighted by Gasteiger charge is -2.31. The van der Waals surface area contributed by atoms with Gasteiger partial charge in [-0.25, -0.2) is 4.79 Å². The molecule has 156 valence electrons. The van der Waals surface area contributed by atoms with E-state index in [2.05, 4.69) is 26.7 Å². The molecule has 0 radical (unpaired) electrons. The summed E-state index contributed by atoms with van der Waals surface area (Å²) >= 11 is 1.68. The molecule has 0 N–H and O–H groups in total. The van der Waals surface area contributed by atoms with Crippen LogP contribution < -0.4 is 0 Å². The molecule has 1 aliphatic carbocycles. The van der Waals surface area contributed by atoms with Crippen molar-refractivity contribution in [3.05, 3.63) is 59.9 Å². The van der Waals surface area contributed by atoms with E-state index in [1.165, 1.54) is 26.4 Å². The van der Waals surface area contributed by atoms with Gasteiger partial charge < -0.3 is 4.74 Å². The van der Waals surface area contributed by atoms with Gasteiger partial charge in [0.15, 0.2) is 11.0 Å². The normalized spacial score (nSPS) is 18.9. The number of methoxy groups -OCH3 is 1. The highest BCUT2D eigenvalue weighted by atomic mass is 32.2. The summed E-state index contributed by atoms with van der Waals surface area (Å²) in [4.78, 5) is 15.9. The molecule has 0 amide bonds. The van der Waals surface area contributed by atoms with Crippen LogP contribution in [0.15, 0.2) is 53.9 Å². The summed E-state index contributed by atoms with van der Waals surface area (Å²) in [5.74, 6) is 1.92. The molecule has 1 aromatic carbocycles. The highest BCUT2D eigenvalue weighted by Crippen LogP contribution is 2.39. The van der Waals surface area contributed by atoms with E-state index in [0.717, 1.165) is 34.3 Å². The largest absolute Gasteiger partial charge is 0.465 e. The molecule has 3 aromatic rings. The first-order valence-corrected chi connectivity index (χ1v) is 11.3. The van der Waals surface area contributed by atoms with Gasteiger partial charge in [0.25, 0.3) is 0 Å². The van der Waals surface area contributed by atoms with Crippen molar-refractivity contribution < 1.29 is 9.53 Å². The number of aromatic nitrogens is 4. The van der Waals surface area contributed by atoms with E-state index in [0.29, 0.717) is 17.5 Å². The minimum absolute atomic E-state index is 0.318. The van der Waals surface area contributed by atoms with Crippen LogP contribution in [0.5, 0.6) is 0 Å². The van der Waals surface area contributed by atoms with Gasteiger partial charge in [0.2, 0.25) is 0 Å². The van der Waals surface area contributed by atoms with Crippen LogP contribution in [0.4, 0.5) is 0 Å². The Labute approximate surface area is 181 Å². The van der Waals surface area contributed by atoms with Crippen LogP contribution in [0, 0.1) is 5.92 Å². The molecule has 6 nitrogen and oxygen atoms in total. The molecule has 2 atom stereocenters. The number of hydrogen-bond donors (Lipinski definition) is 0. The highest BCUT2D eigenvalue weighted by Gasteiger charge is 2.28. The van der Waals surface area contributed by atoms with Crippen molar-refractivity contribution in [1.29, 1.82) is 0 Å². The number of carbonyl (C=O) groups excluding carboxylic acids is 1. The van der Waals surface area contributed by atoms with Gasteiger partial charge in [-0.15, -0.1) is 10.2 Å². The van der Waals surface area contributed by atoms with Gasteiger partial charge in [-0.2, -0.15) is 0 Å². The third-order valence-electron chi connectivity index (χ3n) is 5.73. The maximum atomic E-state index is 11.6. The molecular weight excluding hydrogens is 396 g/mol. The molecule has 0 saturated heterocycles. The standard InChI is InChI=1S/C23H26N4O2S/c1-16-6-3-4-8-20(16)27-21(19-7-5-13-24-14-19)25-26-23(27)30-15-17-9-11-18(12-10-17)22(28)29-2/h5,7,9-14,16,20H,3-4,6,8,15H2,1-2H3/t16-,20+/m0/s1. The van der Waals surface area contributed by atoms with Gasteiger partial charge in [0, 0.05) is 29.8 Å². The van der Waals surface area contributed by atoms with Crippen molar-refractivity contribution in [3.8, 4) is 11.4 Å². The average molecular weight is 423 g/mol. The molecule has 0 bridgehead atoms. The van der Waals surface area contributed by atoms with Crippen molar-refractivity contribution in [2.45, 2.75) is 49.6 Å². The minimum atomic E-state index is -0.318. The maximum Gasteiger partial charge on any atom is 0.337 e. The second-order valence-corrected chi connectivity index (χ2v) is 8.67. The number of carbonyl (C=O) groups is 1. The molecule has 30 heavy (non-hydrogen) atoms. The summed E-state index contributed by atoms with van der Waals surface area (Å²) in [7, 11) is 1.39. The smallest absolute Gasteiger partial charge is 0.337 e. The molecule has 1 saturated carbocycles. The van der Waals surface area contributed by atoms with Gasteiger partial charge in [-0.1, -0.05) is 43.7 Å². The van der Waals surface area contributed by atoms with Gasteiger partial charge in [0.05, 0.1) is 12.7 Å². The fourth-order valence-electron chi connectivity index (χ4n) is 4.05. The fraction of sp³-hybridized carbons (Fsp3) is 0.391. The van der Waals surface area contributed by atoms with Gasteiger partial charge in [0.1, 0.15) is 0 Å². The SMILES string of the molecule is COC(=O)c1ccc(CSc2nnc(-c3cccnc3)n2[C@@H]2CCCC[C@@H]2C)cc1. The summed E-state index contributed by atoms with van der Waals surface area (Å²) < 4.78 is 7.10. The number of pyridine rings is 1. The van der Waals surface area contributed by atoms with E-state index in [1.807, 2.05) is 30.5 Å². The summed E-state index contributed by atoms with van der Waals surface area (Å²) in [6.45, 7) is 2.33. The molecule has 7 heteroatoms. The maximum absolute atomic E-state index is 11.6. The van der Waals surface area contributed by atoms with Crippen molar-refractivity contribution in [2.24, 2.45) is 5.92 Å². The first-order valence-electron chi connectivity index (χ1n) is 10.3. The lowest BCUT2D eigenvalue weighted by Crippen LogP contribution is -2.22. The predicted molar refractivity (Wildman–Crippen MR) is 117 cm³/mol. The molecule has 2 aromatic heterocycles. The first kappa shape index (κ1) is 20.6. The number of hydrogen-bond acceptors (Lipinski definition) is 6. The van der Waals surface area contributed by atoms with Crippen LogP contribution in [0.3, 0.4) is 0 Å². The summed E-state index contributed by atoms with van der Waals surface area (Å²) in [6.07, 6.45) is 8.53. The Morgan fingerprint density at radius 3 is 2.67 bits per heavy atom.